The van der Waals surface area contributed by atoms with Gasteiger partial charge in [-0.15, -0.1) is 0 Å². The highest BCUT2D eigenvalue weighted by atomic mass is 16.5. The summed E-state index contributed by atoms with van der Waals surface area (Å²) < 4.78 is 10.4. The monoisotopic (exact) mass is 288 g/mol. The Morgan fingerprint density at radius 3 is 2.70 bits per heavy atom. The maximum absolute atomic E-state index is 11.4. The predicted octanol–water partition coefficient (Wildman–Crippen LogP) is 0.592. The van der Waals surface area contributed by atoms with Crippen LogP contribution < -0.4 is 10.6 Å². The largest absolute Gasteiger partial charge is 0.481 e. The second kappa shape index (κ2) is 9.55. The van der Waals surface area contributed by atoms with E-state index in [-0.39, 0.29) is 19.0 Å². The summed E-state index contributed by atoms with van der Waals surface area (Å²) in [7, 11) is 1.42. The van der Waals surface area contributed by atoms with E-state index >= 15 is 0 Å². The van der Waals surface area contributed by atoms with Crippen LogP contribution in [0, 0.1) is 5.92 Å². The number of carbonyl (C=O) groups excluding carboxylic acids is 1. The van der Waals surface area contributed by atoms with Crippen molar-refractivity contribution in [3.63, 3.8) is 0 Å². The molecule has 0 aliphatic heterocycles. The summed E-state index contributed by atoms with van der Waals surface area (Å²) >= 11 is 0. The standard InChI is InChI=1S/C13H24N2O5/c1-19-11(7-12(16)17)8-15-13(18)14-5-2-6-20-9-10-3-4-10/h10-11H,2-9H2,1H3,(H,16,17)(H2,14,15,18). The Morgan fingerprint density at radius 2 is 2.10 bits per heavy atom. The third-order valence-corrected chi connectivity index (χ3v) is 3.03. The number of carboxylic acid groups (broad SMARTS) is 1. The highest BCUT2D eigenvalue weighted by molar-refractivity contribution is 5.74. The summed E-state index contributed by atoms with van der Waals surface area (Å²) in [5, 5.41) is 13.9. The lowest BCUT2D eigenvalue weighted by Crippen LogP contribution is -2.41. The molecule has 0 aromatic heterocycles. The number of carbonyl (C=O) groups is 2. The van der Waals surface area contributed by atoms with E-state index in [9.17, 15) is 9.59 Å². The molecule has 116 valence electrons. The quantitative estimate of drug-likeness (QED) is 0.484. The smallest absolute Gasteiger partial charge is 0.314 e. The normalized spacial score (nSPS) is 15.7. The molecule has 1 atom stereocenters. The fraction of sp³-hybridized carbons (Fsp3) is 0.846. The van der Waals surface area contributed by atoms with Crippen LogP contribution in [0.25, 0.3) is 0 Å². The van der Waals surface area contributed by atoms with Crippen LogP contribution in [0.15, 0.2) is 0 Å². The summed E-state index contributed by atoms with van der Waals surface area (Å²) in [6, 6.07) is -0.320. The molecule has 0 bridgehead atoms. The van der Waals surface area contributed by atoms with E-state index in [1.165, 1.54) is 20.0 Å². The fourth-order valence-electron chi connectivity index (χ4n) is 1.61. The number of rotatable bonds is 11. The number of hydrogen-bond acceptors (Lipinski definition) is 4. The second-order valence-corrected chi connectivity index (χ2v) is 4.96. The molecule has 1 rings (SSSR count). The van der Waals surface area contributed by atoms with Crippen molar-refractivity contribution in [1.29, 1.82) is 0 Å². The lowest BCUT2D eigenvalue weighted by atomic mass is 10.2. The summed E-state index contributed by atoms with van der Waals surface area (Å²) in [6.45, 7) is 2.19. The molecule has 1 unspecified atom stereocenters. The van der Waals surface area contributed by atoms with Crippen molar-refractivity contribution < 1.29 is 24.2 Å². The molecule has 3 N–H and O–H groups in total. The van der Waals surface area contributed by atoms with E-state index < -0.39 is 12.1 Å². The summed E-state index contributed by atoms with van der Waals surface area (Å²) in [6.07, 6.45) is 2.67. The van der Waals surface area contributed by atoms with E-state index in [2.05, 4.69) is 10.6 Å². The molecule has 2 amide bonds. The maximum Gasteiger partial charge on any atom is 0.314 e. The minimum Gasteiger partial charge on any atom is -0.481 e. The van der Waals surface area contributed by atoms with Gasteiger partial charge < -0.3 is 25.2 Å². The Balaban J connectivity index is 1.94. The number of urea groups is 1. The highest BCUT2D eigenvalue weighted by Gasteiger charge is 2.20. The number of ether oxygens (including phenoxy) is 2. The van der Waals surface area contributed by atoms with Gasteiger partial charge in [0.1, 0.15) is 0 Å². The van der Waals surface area contributed by atoms with Crippen LogP contribution >= 0.6 is 0 Å². The molecule has 1 saturated carbocycles. The summed E-state index contributed by atoms with van der Waals surface area (Å²) in [5.41, 5.74) is 0. The van der Waals surface area contributed by atoms with Gasteiger partial charge in [0.15, 0.2) is 0 Å². The van der Waals surface area contributed by atoms with Crippen molar-refractivity contribution >= 4 is 12.0 Å². The maximum atomic E-state index is 11.4. The van der Waals surface area contributed by atoms with Crippen LogP contribution in [0.2, 0.25) is 0 Å². The van der Waals surface area contributed by atoms with Crippen molar-refractivity contribution in [3.05, 3.63) is 0 Å². The average Bonchev–Trinajstić information content (AvgIpc) is 3.22. The van der Waals surface area contributed by atoms with Gasteiger partial charge in [-0.2, -0.15) is 0 Å². The van der Waals surface area contributed by atoms with Crippen molar-refractivity contribution in [2.24, 2.45) is 5.92 Å². The molecule has 0 spiro atoms. The van der Waals surface area contributed by atoms with Gasteiger partial charge in [-0.1, -0.05) is 0 Å². The number of carboxylic acids is 1. The van der Waals surface area contributed by atoms with E-state index in [0.29, 0.717) is 13.2 Å². The van der Waals surface area contributed by atoms with Gasteiger partial charge >= 0.3 is 12.0 Å². The van der Waals surface area contributed by atoms with Crippen LogP contribution in [0.3, 0.4) is 0 Å². The molecule has 0 aromatic rings. The zero-order valence-corrected chi connectivity index (χ0v) is 11.9. The third kappa shape index (κ3) is 8.71. The molecular formula is C13H24N2O5. The minimum absolute atomic E-state index is 0.133. The first kappa shape index (κ1) is 16.7. The van der Waals surface area contributed by atoms with Gasteiger partial charge in [0.2, 0.25) is 0 Å². The van der Waals surface area contributed by atoms with Crippen molar-refractivity contribution in [3.8, 4) is 0 Å². The summed E-state index contributed by atoms with van der Waals surface area (Å²) in [5.74, 6) is -0.196. The lowest BCUT2D eigenvalue weighted by Gasteiger charge is -2.14. The second-order valence-electron chi connectivity index (χ2n) is 4.96. The minimum atomic E-state index is -0.952. The molecule has 0 heterocycles. The Hall–Kier alpha value is -1.34. The fourth-order valence-corrected chi connectivity index (χ4v) is 1.61. The Kier molecular flexibility index (Phi) is 7.98. The zero-order valence-electron chi connectivity index (χ0n) is 11.9. The van der Waals surface area contributed by atoms with E-state index in [1.54, 1.807) is 0 Å². The lowest BCUT2D eigenvalue weighted by molar-refractivity contribution is -0.139. The van der Waals surface area contributed by atoms with Crippen LogP contribution in [-0.2, 0) is 14.3 Å². The molecule has 7 heteroatoms. The molecular weight excluding hydrogens is 264 g/mol. The van der Waals surface area contributed by atoms with Gasteiger partial charge in [-0.25, -0.2) is 4.79 Å². The molecule has 1 fully saturated rings. The number of nitrogens with one attached hydrogen (secondary N) is 2. The Morgan fingerprint density at radius 1 is 1.35 bits per heavy atom. The molecule has 1 aliphatic carbocycles. The van der Waals surface area contributed by atoms with E-state index in [1.807, 2.05) is 0 Å². The van der Waals surface area contributed by atoms with Crippen molar-refractivity contribution in [2.45, 2.75) is 31.8 Å². The molecule has 1 aliphatic rings. The average molecular weight is 288 g/mol. The molecule has 0 saturated heterocycles. The number of amides is 2. The van der Waals surface area contributed by atoms with Gasteiger partial charge in [-0.3, -0.25) is 4.79 Å². The van der Waals surface area contributed by atoms with E-state index in [0.717, 1.165) is 18.9 Å². The molecule has 0 aromatic carbocycles. The topological polar surface area (TPSA) is 96.9 Å². The zero-order chi connectivity index (χ0) is 14.8. The molecule has 20 heavy (non-hydrogen) atoms. The molecule has 0 radical (unpaired) electrons. The number of hydrogen-bond donors (Lipinski definition) is 3. The van der Waals surface area contributed by atoms with Crippen molar-refractivity contribution in [1.82, 2.24) is 10.6 Å². The SMILES string of the molecule is COC(CNC(=O)NCCCOCC1CC1)CC(=O)O. The first-order chi connectivity index (χ1) is 9.61. The van der Waals surface area contributed by atoms with Gasteiger partial charge in [0.25, 0.3) is 0 Å². The van der Waals surface area contributed by atoms with E-state index in [4.69, 9.17) is 14.6 Å². The Bertz CT molecular complexity index is 307. The number of aliphatic carboxylic acids is 1. The third-order valence-electron chi connectivity index (χ3n) is 3.03. The van der Waals surface area contributed by atoms with Gasteiger partial charge in [-0.05, 0) is 25.2 Å². The van der Waals surface area contributed by atoms with Gasteiger partial charge in [0.05, 0.1) is 12.5 Å². The van der Waals surface area contributed by atoms with Crippen LogP contribution in [0.4, 0.5) is 4.79 Å². The van der Waals surface area contributed by atoms with Crippen LogP contribution in [-0.4, -0.2) is 56.6 Å². The van der Waals surface area contributed by atoms with Crippen LogP contribution in [0.5, 0.6) is 0 Å². The first-order valence-electron chi connectivity index (χ1n) is 6.96. The molecule has 7 nitrogen and oxygen atoms in total. The van der Waals surface area contributed by atoms with Crippen molar-refractivity contribution in [2.75, 3.05) is 33.4 Å². The first-order valence-corrected chi connectivity index (χ1v) is 6.96. The number of methoxy groups -OCH3 is 1. The summed E-state index contributed by atoms with van der Waals surface area (Å²) in [4.78, 5) is 21.9. The Labute approximate surface area is 119 Å². The van der Waals surface area contributed by atoms with Crippen LogP contribution in [0.1, 0.15) is 25.7 Å². The predicted molar refractivity (Wildman–Crippen MR) is 72.6 cm³/mol. The highest BCUT2D eigenvalue weighted by Crippen LogP contribution is 2.28. The van der Waals surface area contributed by atoms with Gasteiger partial charge in [0, 0.05) is 33.4 Å².